The maximum atomic E-state index is 6.26. The first kappa shape index (κ1) is 18.6. The third-order valence-electron chi connectivity index (χ3n) is 2.88. The van der Waals surface area contributed by atoms with Crippen LogP contribution in [0.1, 0.15) is 39.2 Å². The zero-order valence-electron chi connectivity index (χ0n) is 13.3. The van der Waals surface area contributed by atoms with Gasteiger partial charge in [0, 0.05) is 36.4 Å². The summed E-state index contributed by atoms with van der Waals surface area (Å²) in [7, 11) is 1.70. The summed E-state index contributed by atoms with van der Waals surface area (Å²) in [6.07, 6.45) is 1.90. The van der Waals surface area contributed by atoms with Crippen LogP contribution in [-0.4, -0.2) is 25.9 Å². The van der Waals surface area contributed by atoms with Crippen LogP contribution in [0.25, 0.3) is 0 Å². The SMILES string of the molecule is COCCCCOc1c(Cl)cc(Cl)cc1CNC(C)(C)C. The standard InChI is InChI=1S/C16H25Cl2NO2/c1-16(2,3)19-11-12-9-13(17)10-14(18)15(12)21-8-6-5-7-20-4/h9-10,19H,5-8,11H2,1-4H3. The van der Waals surface area contributed by atoms with E-state index in [-0.39, 0.29) is 5.54 Å². The van der Waals surface area contributed by atoms with E-state index in [2.05, 4.69) is 26.1 Å². The third kappa shape index (κ3) is 7.37. The van der Waals surface area contributed by atoms with Gasteiger partial charge in [-0.05, 0) is 45.7 Å². The van der Waals surface area contributed by atoms with Crippen LogP contribution in [-0.2, 0) is 11.3 Å². The molecule has 0 unspecified atom stereocenters. The van der Waals surface area contributed by atoms with Gasteiger partial charge < -0.3 is 14.8 Å². The van der Waals surface area contributed by atoms with Gasteiger partial charge in [-0.25, -0.2) is 0 Å². The van der Waals surface area contributed by atoms with Crippen molar-refractivity contribution in [1.82, 2.24) is 5.32 Å². The number of benzene rings is 1. The monoisotopic (exact) mass is 333 g/mol. The minimum absolute atomic E-state index is 0.0184. The Labute approximate surface area is 137 Å². The molecule has 3 nitrogen and oxygen atoms in total. The Morgan fingerprint density at radius 3 is 2.38 bits per heavy atom. The van der Waals surface area contributed by atoms with Gasteiger partial charge in [-0.15, -0.1) is 0 Å². The lowest BCUT2D eigenvalue weighted by molar-refractivity contribution is 0.184. The van der Waals surface area contributed by atoms with Gasteiger partial charge in [0.1, 0.15) is 5.75 Å². The number of rotatable bonds is 8. The minimum Gasteiger partial charge on any atom is -0.492 e. The van der Waals surface area contributed by atoms with Crippen molar-refractivity contribution in [3.05, 3.63) is 27.7 Å². The molecular formula is C16H25Cl2NO2. The Bertz CT molecular complexity index is 445. The van der Waals surface area contributed by atoms with E-state index < -0.39 is 0 Å². The molecule has 1 N–H and O–H groups in total. The Morgan fingerprint density at radius 1 is 1.10 bits per heavy atom. The Hall–Kier alpha value is -0.480. The van der Waals surface area contributed by atoms with Gasteiger partial charge in [0.15, 0.2) is 0 Å². The topological polar surface area (TPSA) is 30.5 Å². The minimum atomic E-state index is 0.0184. The molecule has 0 aliphatic heterocycles. The zero-order valence-corrected chi connectivity index (χ0v) is 14.8. The van der Waals surface area contributed by atoms with Crippen LogP contribution in [0.3, 0.4) is 0 Å². The predicted octanol–water partition coefficient (Wildman–Crippen LogP) is 4.69. The first-order valence-corrected chi connectivity index (χ1v) is 7.94. The molecule has 120 valence electrons. The van der Waals surface area contributed by atoms with Crippen LogP contribution < -0.4 is 10.1 Å². The van der Waals surface area contributed by atoms with E-state index in [1.807, 2.05) is 6.07 Å². The fourth-order valence-electron chi connectivity index (χ4n) is 1.79. The lowest BCUT2D eigenvalue weighted by Gasteiger charge is -2.22. The maximum absolute atomic E-state index is 6.26. The molecule has 0 saturated carbocycles. The summed E-state index contributed by atoms with van der Waals surface area (Å²) in [5, 5.41) is 4.60. The molecular weight excluding hydrogens is 309 g/mol. The molecule has 1 aromatic carbocycles. The molecule has 0 aromatic heterocycles. The summed E-state index contributed by atoms with van der Waals surface area (Å²) < 4.78 is 10.9. The molecule has 0 bridgehead atoms. The van der Waals surface area contributed by atoms with Crippen LogP contribution in [0.2, 0.25) is 10.0 Å². The molecule has 0 spiro atoms. The summed E-state index contributed by atoms with van der Waals surface area (Å²) in [6, 6.07) is 3.62. The average Bonchev–Trinajstić information content (AvgIpc) is 2.37. The molecule has 0 amide bonds. The summed E-state index contributed by atoms with van der Waals surface area (Å²) in [5.74, 6) is 0.718. The summed E-state index contributed by atoms with van der Waals surface area (Å²) in [6.45, 7) is 8.37. The van der Waals surface area contributed by atoms with E-state index in [0.29, 0.717) is 23.2 Å². The number of nitrogens with one attached hydrogen (secondary N) is 1. The molecule has 0 fully saturated rings. The Kier molecular flexibility index (Phi) is 7.82. The molecule has 1 rings (SSSR count). The predicted molar refractivity (Wildman–Crippen MR) is 89.7 cm³/mol. The smallest absolute Gasteiger partial charge is 0.142 e. The van der Waals surface area contributed by atoms with Gasteiger partial charge in [0.05, 0.1) is 11.6 Å². The first-order valence-electron chi connectivity index (χ1n) is 7.18. The highest BCUT2D eigenvalue weighted by Gasteiger charge is 2.14. The van der Waals surface area contributed by atoms with Crippen molar-refractivity contribution in [2.24, 2.45) is 0 Å². The number of hydrogen-bond acceptors (Lipinski definition) is 3. The summed E-state index contributed by atoms with van der Waals surface area (Å²) in [4.78, 5) is 0. The second kappa shape index (κ2) is 8.84. The van der Waals surface area contributed by atoms with E-state index in [1.54, 1.807) is 13.2 Å². The van der Waals surface area contributed by atoms with E-state index >= 15 is 0 Å². The van der Waals surface area contributed by atoms with Gasteiger partial charge in [-0.3, -0.25) is 0 Å². The van der Waals surface area contributed by atoms with E-state index in [1.165, 1.54) is 0 Å². The Balaban J connectivity index is 2.71. The van der Waals surface area contributed by atoms with Gasteiger partial charge in [0.2, 0.25) is 0 Å². The molecule has 0 aliphatic carbocycles. The Morgan fingerprint density at radius 2 is 1.76 bits per heavy atom. The number of hydrogen-bond donors (Lipinski definition) is 1. The van der Waals surface area contributed by atoms with E-state index in [4.69, 9.17) is 32.7 Å². The van der Waals surface area contributed by atoms with Crippen LogP contribution >= 0.6 is 23.2 Å². The third-order valence-corrected chi connectivity index (χ3v) is 3.38. The van der Waals surface area contributed by atoms with Crippen molar-refractivity contribution in [3.8, 4) is 5.75 Å². The van der Waals surface area contributed by atoms with Crippen molar-refractivity contribution in [2.45, 2.75) is 45.7 Å². The average molecular weight is 334 g/mol. The van der Waals surface area contributed by atoms with Crippen molar-refractivity contribution in [2.75, 3.05) is 20.3 Å². The van der Waals surface area contributed by atoms with Gasteiger partial charge in [-0.1, -0.05) is 23.2 Å². The molecule has 0 heterocycles. The van der Waals surface area contributed by atoms with Gasteiger partial charge >= 0.3 is 0 Å². The van der Waals surface area contributed by atoms with Crippen molar-refractivity contribution in [1.29, 1.82) is 0 Å². The normalized spacial score (nSPS) is 11.7. The first-order chi connectivity index (χ1) is 9.83. The molecule has 0 aliphatic rings. The summed E-state index contributed by atoms with van der Waals surface area (Å²) in [5.41, 5.74) is 0.999. The van der Waals surface area contributed by atoms with Crippen LogP contribution in [0, 0.1) is 0 Å². The van der Waals surface area contributed by atoms with Gasteiger partial charge in [0.25, 0.3) is 0 Å². The van der Waals surface area contributed by atoms with Crippen molar-refractivity contribution >= 4 is 23.2 Å². The van der Waals surface area contributed by atoms with Crippen molar-refractivity contribution < 1.29 is 9.47 Å². The lowest BCUT2D eigenvalue weighted by Crippen LogP contribution is -2.35. The fraction of sp³-hybridized carbons (Fsp3) is 0.625. The molecule has 21 heavy (non-hydrogen) atoms. The van der Waals surface area contributed by atoms with E-state index in [9.17, 15) is 0 Å². The molecule has 0 saturated heterocycles. The molecule has 0 atom stereocenters. The van der Waals surface area contributed by atoms with Gasteiger partial charge in [-0.2, -0.15) is 0 Å². The van der Waals surface area contributed by atoms with Crippen LogP contribution in [0.5, 0.6) is 5.75 Å². The van der Waals surface area contributed by atoms with Crippen molar-refractivity contribution in [3.63, 3.8) is 0 Å². The molecule has 1 aromatic rings. The maximum Gasteiger partial charge on any atom is 0.142 e. The highest BCUT2D eigenvalue weighted by molar-refractivity contribution is 6.35. The largest absolute Gasteiger partial charge is 0.492 e. The highest BCUT2D eigenvalue weighted by Crippen LogP contribution is 2.33. The molecule has 0 radical (unpaired) electrons. The van der Waals surface area contributed by atoms with Crippen LogP contribution in [0.4, 0.5) is 0 Å². The number of methoxy groups -OCH3 is 1. The second-order valence-electron chi connectivity index (χ2n) is 6.03. The summed E-state index contributed by atoms with van der Waals surface area (Å²) >= 11 is 12.4. The number of unbranched alkanes of at least 4 members (excludes halogenated alkanes) is 1. The highest BCUT2D eigenvalue weighted by atomic mass is 35.5. The molecule has 5 heteroatoms. The fourth-order valence-corrected chi connectivity index (χ4v) is 2.38. The van der Waals surface area contributed by atoms with E-state index in [0.717, 1.165) is 30.8 Å². The zero-order chi connectivity index (χ0) is 15.9. The number of halogens is 2. The lowest BCUT2D eigenvalue weighted by atomic mass is 10.1. The quantitative estimate of drug-likeness (QED) is 0.700. The number of ether oxygens (including phenoxy) is 2. The van der Waals surface area contributed by atoms with Crippen LogP contribution in [0.15, 0.2) is 12.1 Å². The second-order valence-corrected chi connectivity index (χ2v) is 6.87.